The summed E-state index contributed by atoms with van der Waals surface area (Å²) in [4.78, 5) is 31.2. The monoisotopic (exact) mass is 377 g/mol. The van der Waals surface area contributed by atoms with Crippen molar-refractivity contribution in [2.45, 2.75) is 31.8 Å². The first-order valence-electron chi connectivity index (χ1n) is 9.56. The van der Waals surface area contributed by atoms with E-state index in [4.69, 9.17) is 0 Å². The lowest BCUT2D eigenvalue weighted by Gasteiger charge is -2.36. The van der Waals surface area contributed by atoms with Crippen LogP contribution in [0.2, 0.25) is 0 Å². The van der Waals surface area contributed by atoms with E-state index in [2.05, 4.69) is 32.3 Å². The smallest absolute Gasteiger partial charge is 0.272 e. The zero-order valence-electron chi connectivity index (χ0n) is 15.8. The summed E-state index contributed by atoms with van der Waals surface area (Å²) < 4.78 is 0. The molecule has 2 aromatic heterocycles. The molecule has 3 aromatic rings. The number of hydrogen-bond donors (Lipinski definition) is 2. The predicted octanol–water partition coefficient (Wildman–Crippen LogP) is 2.27. The summed E-state index contributed by atoms with van der Waals surface area (Å²) in [6.45, 7) is 4.02. The first kappa shape index (κ1) is 18.3. The summed E-state index contributed by atoms with van der Waals surface area (Å²) >= 11 is 0. The van der Waals surface area contributed by atoms with Gasteiger partial charge in [-0.15, -0.1) is 0 Å². The third-order valence-corrected chi connectivity index (χ3v) is 5.51. The molecule has 3 heterocycles. The average Bonchev–Trinajstić information content (AvgIpc) is 2.75. The van der Waals surface area contributed by atoms with Gasteiger partial charge in [0.15, 0.2) is 5.69 Å². The molecule has 144 valence electrons. The number of nitrogens with zero attached hydrogens (tertiary/aromatic N) is 3. The molecule has 1 saturated heterocycles. The standard InChI is InChI=1S/C21H23N5O2/c1-14(15-6-10-22-11-7-15)26-12-8-16(9-13-26)23-21(28)19-17-4-2-3-5-18(17)20(27)25-24-19/h2-7,10-11,14,16H,8-9,12-13H2,1H3,(H,23,28)(H,25,27). The number of rotatable bonds is 4. The summed E-state index contributed by atoms with van der Waals surface area (Å²) in [7, 11) is 0. The minimum atomic E-state index is -0.287. The highest BCUT2D eigenvalue weighted by Crippen LogP contribution is 2.24. The Morgan fingerprint density at radius 1 is 1.14 bits per heavy atom. The molecule has 1 fully saturated rings. The van der Waals surface area contributed by atoms with Crippen molar-refractivity contribution in [1.82, 2.24) is 25.4 Å². The van der Waals surface area contributed by atoms with Gasteiger partial charge in [-0.3, -0.25) is 19.5 Å². The summed E-state index contributed by atoms with van der Waals surface area (Å²) in [5.41, 5.74) is 1.23. The van der Waals surface area contributed by atoms with Gasteiger partial charge in [0.05, 0.1) is 5.39 Å². The number of carbonyl (C=O) groups excluding carboxylic acids is 1. The zero-order chi connectivity index (χ0) is 19.5. The fourth-order valence-corrected chi connectivity index (χ4v) is 3.83. The lowest BCUT2D eigenvalue weighted by molar-refractivity contribution is 0.0892. The number of aromatic nitrogens is 3. The molecule has 28 heavy (non-hydrogen) atoms. The summed E-state index contributed by atoms with van der Waals surface area (Å²) in [5, 5.41) is 10.5. The molecule has 1 aromatic carbocycles. The SMILES string of the molecule is CC(c1ccncc1)N1CCC(NC(=O)c2n[nH]c(=O)c3ccccc23)CC1. The Balaban J connectivity index is 1.41. The van der Waals surface area contributed by atoms with Crippen LogP contribution >= 0.6 is 0 Å². The molecule has 0 aliphatic carbocycles. The Morgan fingerprint density at radius 2 is 1.82 bits per heavy atom. The van der Waals surface area contributed by atoms with Crippen LogP contribution in [0.4, 0.5) is 0 Å². The van der Waals surface area contributed by atoms with E-state index in [0.717, 1.165) is 25.9 Å². The van der Waals surface area contributed by atoms with Gasteiger partial charge < -0.3 is 5.32 Å². The maximum Gasteiger partial charge on any atom is 0.272 e. The van der Waals surface area contributed by atoms with E-state index in [-0.39, 0.29) is 23.2 Å². The van der Waals surface area contributed by atoms with E-state index >= 15 is 0 Å². The average molecular weight is 377 g/mol. The number of benzene rings is 1. The molecule has 4 rings (SSSR count). The maximum absolute atomic E-state index is 12.8. The highest BCUT2D eigenvalue weighted by Gasteiger charge is 2.25. The molecule has 0 radical (unpaired) electrons. The van der Waals surface area contributed by atoms with E-state index in [1.807, 2.05) is 24.5 Å². The van der Waals surface area contributed by atoms with Crippen molar-refractivity contribution in [3.63, 3.8) is 0 Å². The van der Waals surface area contributed by atoms with Crippen molar-refractivity contribution >= 4 is 16.7 Å². The summed E-state index contributed by atoms with van der Waals surface area (Å²) in [6.07, 6.45) is 5.39. The Morgan fingerprint density at radius 3 is 2.54 bits per heavy atom. The van der Waals surface area contributed by atoms with Gasteiger partial charge in [0.2, 0.25) is 0 Å². The zero-order valence-corrected chi connectivity index (χ0v) is 15.8. The van der Waals surface area contributed by atoms with E-state index in [9.17, 15) is 9.59 Å². The van der Waals surface area contributed by atoms with Crippen molar-refractivity contribution in [3.8, 4) is 0 Å². The Bertz CT molecular complexity index is 1030. The largest absolute Gasteiger partial charge is 0.348 e. The van der Waals surface area contributed by atoms with E-state index in [1.54, 1.807) is 24.3 Å². The molecule has 2 N–H and O–H groups in total. The van der Waals surface area contributed by atoms with Gasteiger partial charge in [-0.05, 0) is 43.5 Å². The van der Waals surface area contributed by atoms with Crippen molar-refractivity contribution in [2.24, 2.45) is 0 Å². The number of H-pyrrole nitrogens is 1. The van der Waals surface area contributed by atoms with Crippen LogP contribution in [-0.4, -0.2) is 45.1 Å². The number of piperidine rings is 1. The van der Waals surface area contributed by atoms with E-state index in [0.29, 0.717) is 16.8 Å². The lowest BCUT2D eigenvalue weighted by Crippen LogP contribution is -2.45. The van der Waals surface area contributed by atoms with Crippen molar-refractivity contribution in [2.75, 3.05) is 13.1 Å². The van der Waals surface area contributed by atoms with Gasteiger partial charge in [0, 0.05) is 43.0 Å². The molecule has 0 saturated carbocycles. The van der Waals surface area contributed by atoms with Crippen LogP contribution in [-0.2, 0) is 0 Å². The number of likely N-dealkylation sites (tertiary alicyclic amines) is 1. The third kappa shape index (κ3) is 3.66. The second-order valence-corrected chi connectivity index (χ2v) is 7.19. The topological polar surface area (TPSA) is 91.0 Å². The molecule has 1 amide bonds. The molecule has 7 heteroatoms. The third-order valence-electron chi connectivity index (χ3n) is 5.51. The van der Waals surface area contributed by atoms with Crippen molar-refractivity contribution in [1.29, 1.82) is 0 Å². The molecule has 1 aliphatic rings. The summed E-state index contributed by atoms with van der Waals surface area (Å²) in [6, 6.07) is 11.6. The van der Waals surface area contributed by atoms with Gasteiger partial charge in [0.1, 0.15) is 0 Å². The quantitative estimate of drug-likeness (QED) is 0.728. The van der Waals surface area contributed by atoms with Crippen LogP contribution in [0.25, 0.3) is 10.8 Å². The van der Waals surface area contributed by atoms with Crippen molar-refractivity contribution < 1.29 is 4.79 Å². The number of pyridine rings is 1. The first-order valence-corrected chi connectivity index (χ1v) is 9.56. The van der Waals surface area contributed by atoms with Gasteiger partial charge >= 0.3 is 0 Å². The Kier molecular flexibility index (Phi) is 5.16. The second-order valence-electron chi connectivity index (χ2n) is 7.19. The van der Waals surface area contributed by atoms with Gasteiger partial charge in [-0.2, -0.15) is 5.10 Å². The van der Waals surface area contributed by atoms with Crippen LogP contribution in [0.5, 0.6) is 0 Å². The molecule has 1 aliphatic heterocycles. The normalized spacial score (nSPS) is 16.8. The molecular formula is C21H23N5O2. The number of aromatic amines is 1. The van der Waals surface area contributed by atoms with Crippen LogP contribution in [0, 0.1) is 0 Å². The molecule has 7 nitrogen and oxygen atoms in total. The molecule has 0 spiro atoms. The number of hydrogen-bond acceptors (Lipinski definition) is 5. The van der Waals surface area contributed by atoms with Gasteiger partial charge in [-0.1, -0.05) is 18.2 Å². The lowest BCUT2D eigenvalue weighted by atomic mass is 10.0. The van der Waals surface area contributed by atoms with Gasteiger partial charge in [-0.25, -0.2) is 5.10 Å². The van der Waals surface area contributed by atoms with E-state index < -0.39 is 0 Å². The number of carbonyl (C=O) groups is 1. The molecule has 1 atom stereocenters. The molecular weight excluding hydrogens is 354 g/mol. The second kappa shape index (κ2) is 7.90. The minimum Gasteiger partial charge on any atom is -0.348 e. The highest BCUT2D eigenvalue weighted by atomic mass is 16.2. The number of nitrogens with one attached hydrogen (secondary N) is 2. The van der Waals surface area contributed by atoms with Crippen LogP contribution < -0.4 is 10.9 Å². The van der Waals surface area contributed by atoms with Crippen LogP contribution in [0.3, 0.4) is 0 Å². The molecule has 1 unspecified atom stereocenters. The molecule has 0 bridgehead atoms. The first-order chi connectivity index (χ1) is 13.6. The summed E-state index contributed by atoms with van der Waals surface area (Å²) in [5.74, 6) is -0.243. The predicted molar refractivity (Wildman–Crippen MR) is 107 cm³/mol. The Hall–Kier alpha value is -3.06. The Labute approximate surface area is 162 Å². The maximum atomic E-state index is 12.8. The highest BCUT2D eigenvalue weighted by molar-refractivity contribution is 6.04. The van der Waals surface area contributed by atoms with Crippen LogP contribution in [0.1, 0.15) is 41.9 Å². The minimum absolute atomic E-state index is 0.0980. The van der Waals surface area contributed by atoms with E-state index in [1.165, 1.54) is 5.56 Å². The number of amides is 1. The fraction of sp³-hybridized carbons (Fsp3) is 0.333. The van der Waals surface area contributed by atoms with Crippen molar-refractivity contribution in [3.05, 3.63) is 70.4 Å². The van der Waals surface area contributed by atoms with Crippen LogP contribution in [0.15, 0.2) is 53.6 Å². The van der Waals surface area contributed by atoms with Gasteiger partial charge in [0.25, 0.3) is 11.5 Å². The fourth-order valence-electron chi connectivity index (χ4n) is 3.83. The number of fused-ring (bicyclic) bond motifs is 1.